The fraction of sp³-hybridized carbons (Fsp3) is 0.536. The van der Waals surface area contributed by atoms with Crippen LogP contribution >= 0.6 is 0 Å². The van der Waals surface area contributed by atoms with E-state index in [1.54, 1.807) is 20.9 Å². The van der Waals surface area contributed by atoms with Crippen LogP contribution in [-0.4, -0.2) is 72.5 Å². The van der Waals surface area contributed by atoms with E-state index in [0.717, 1.165) is 37.8 Å². The number of allylic oxidation sites excluding steroid dienone is 1. The maximum atomic E-state index is 14.0. The van der Waals surface area contributed by atoms with Crippen molar-refractivity contribution in [3.8, 4) is 0 Å². The number of hydrogen-bond donors (Lipinski definition) is 6. The average molecular weight is 540 g/mol. The van der Waals surface area contributed by atoms with E-state index in [1.807, 2.05) is 30.3 Å². The van der Waals surface area contributed by atoms with Crippen molar-refractivity contribution in [2.24, 2.45) is 5.92 Å². The maximum Gasteiger partial charge on any atom is 0.248 e. The van der Waals surface area contributed by atoms with Crippen molar-refractivity contribution < 1.29 is 19.2 Å². The highest BCUT2D eigenvalue weighted by Crippen LogP contribution is 2.29. The van der Waals surface area contributed by atoms with E-state index in [0.29, 0.717) is 12.2 Å². The van der Waals surface area contributed by atoms with Gasteiger partial charge in [0.2, 0.25) is 24.1 Å². The Morgan fingerprint density at radius 1 is 1.10 bits per heavy atom. The summed E-state index contributed by atoms with van der Waals surface area (Å²) in [6.07, 6.45) is 6.99. The molecule has 1 saturated carbocycles. The van der Waals surface area contributed by atoms with Gasteiger partial charge in [-0.15, -0.1) is 0 Å². The molecule has 1 aromatic rings. The molecule has 2 aliphatic rings. The summed E-state index contributed by atoms with van der Waals surface area (Å²) in [5.41, 5.74) is 0.955. The van der Waals surface area contributed by atoms with Crippen LogP contribution < -0.4 is 26.6 Å². The molecule has 1 heterocycles. The molecule has 0 bridgehead atoms. The molecule has 0 radical (unpaired) electrons. The number of likely N-dealkylation sites (tertiary alicyclic amines) is 1. The molecule has 4 amide bonds. The first-order valence-corrected chi connectivity index (χ1v) is 13.6. The molecule has 11 nitrogen and oxygen atoms in total. The molecule has 4 atom stereocenters. The van der Waals surface area contributed by atoms with Gasteiger partial charge >= 0.3 is 0 Å². The Labute approximate surface area is 230 Å². The van der Waals surface area contributed by atoms with E-state index in [4.69, 9.17) is 5.41 Å². The number of likely N-dealkylation sites (N-methyl/N-ethyl adjacent to an activating group) is 1. The monoisotopic (exact) mass is 539 g/mol. The van der Waals surface area contributed by atoms with E-state index in [1.165, 1.54) is 11.0 Å². The molecule has 39 heavy (non-hydrogen) atoms. The number of nitrogens with zero attached hydrogens (tertiary/aromatic N) is 1. The summed E-state index contributed by atoms with van der Waals surface area (Å²) in [6.45, 7) is 3.48. The van der Waals surface area contributed by atoms with E-state index < -0.39 is 30.1 Å². The second-order valence-electron chi connectivity index (χ2n) is 10.3. The van der Waals surface area contributed by atoms with Crippen LogP contribution in [0.1, 0.15) is 52.4 Å². The molecule has 3 unspecified atom stereocenters. The molecule has 6 N–H and O–H groups in total. The molecule has 0 aromatic heterocycles. The second kappa shape index (κ2) is 14.4. The van der Waals surface area contributed by atoms with Gasteiger partial charge in [-0.1, -0.05) is 37.5 Å². The number of rotatable bonds is 12. The number of amides is 4. The molecule has 1 saturated heterocycles. The Hall–Kier alpha value is -3.73. The van der Waals surface area contributed by atoms with Gasteiger partial charge < -0.3 is 36.9 Å². The van der Waals surface area contributed by atoms with Crippen molar-refractivity contribution in [3.05, 3.63) is 42.2 Å². The molecular weight excluding hydrogens is 498 g/mol. The minimum atomic E-state index is -0.869. The first-order chi connectivity index (χ1) is 18.7. The van der Waals surface area contributed by atoms with Gasteiger partial charge in [-0.25, -0.2) is 0 Å². The smallest absolute Gasteiger partial charge is 0.248 e. The van der Waals surface area contributed by atoms with E-state index in [2.05, 4.69) is 26.6 Å². The van der Waals surface area contributed by atoms with Gasteiger partial charge in [-0.05, 0) is 64.3 Å². The third-order valence-electron chi connectivity index (χ3n) is 7.37. The number of hydrogen-bond acceptors (Lipinski definition) is 7. The van der Waals surface area contributed by atoms with Crippen LogP contribution in [0.4, 0.5) is 5.69 Å². The lowest BCUT2D eigenvalue weighted by atomic mass is 9.83. The highest BCUT2D eigenvalue weighted by Gasteiger charge is 2.44. The molecule has 1 aliphatic carbocycles. The molecule has 2 fully saturated rings. The Morgan fingerprint density at radius 2 is 1.79 bits per heavy atom. The number of nitrogens with one attached hydrogen (secondary N) is 6. The summed E-state index contributed by atoms with van der Waals surface area (Å²) in [6, 6.07) is 6.72. The van der Waals surface area contributed by atoms with Crippen molar-refractivity contribution in [1.82, 2.24) is 26.2 Å². The van der Waals surface area contributed by atoms with Crippen molar-refractivity contribution in [2.45, 2.75) is 76.5 Å². The average Bonchev–Trinajstić information content (AvgIpc) is 3.35. The van der Waals surface area contributed by atoms with E-state index in [9.17, 15) is 19.2 Å². The van der Waals surface area contributed by atoms with Crippen LogP contribution in [-0.2, 0) is 19.2 Å². The van der Waals surface area contributed by atoms with Crippen LogP contribution in [0.3, 0.4) is 0 Å². The predicted molar refractivity (Wildman–Crippen MR) is 150 cm³/mol. The Kier molecular flexibility index (Phi) is 11.0. The number of para-hydroxylation sites is 1. The van der Waals surface area contributed by atoms with E-state index >= 15 is 0 Å². The molecule has 0 spiro atoms. The first-order valence-electron chi connectivity index (χ1n) is 13.6. The lowest BCUT2D eigenvalue weighted by Gasteiger charge is -2.35. The molecule has 11 heteroatoms. The number of carbonyl (C=O) groups is 4. The highest BCUT2D eigenvalue weighted by molar-refractivity contribution is 5.96. The van der Waals surface area contributed by atoms with E-state index in [-0.39, 0.29) is 36.4 Å². The first kappa shape index (κ1) is 29.8. The zero-order valence-electron chi connectivity index (χ0n) is 23.0. The lowest BCUT2D eigenvalue weighted by molar-refractivity contribution is -0.143. The van der Waals surface area contributed by atoms with Crippen molar-refractivity contribution in [1.29, 1.82) is 5.41 Å². The van der Waals surface area contributed by atoms with Gasteiger partial charge in [0.25, 0.3) is 0 Å². The number of carbonyl (C=O) groups excluding carboxylic acids is 4. The second-order valence-corrected chi connectivity index (χ2v) is 10.3. The Morgan fingerprint density at radius 3 is 2.41 bits per heavy atom. The van der Waals surface area contributed by atoms with Gasteiger partial charge in [0.05, 0.1) is 6.04 Å². The lowest BCUT2D eigenvalue weighted by Crippen LogP contribution is -2.58. The number of anilines is 1. The Bertz CT molecular complexity index is 1060. The quantitative estimate of drug-likeness (QED) is 0.175. The fourth-order valence-corrected chi connectivity index (χ4v) is 5.19. The number of benzene rings is 1. The van der Waals surface area contributed by atoms with Crippen LogP contribution in [0.25, 0.3) is 0 Å². The van der Waals surface area contributed by atoms with Crippen LogP contribution in [0.15, 0.2) is 42.2 Å². The zero-order valence-corrected chi connectivity index (χ0v) is 23.0. The third-order valence-corrected chi connectivity index (χ3v) is 7.37. The molecule has 1 aromatic carbocycles. The normalized spacial score (nSPS) is 21.4. The van der Waals surface area contributed by atoms with Gasteiger partial charge in [0, 0.05) is 24.0 Å². The largest absolute Gasteiger partial charge is 0.354 e. The zero-order chi connectivity index (χ0) is 28.4. The minimum absolute atomic E-state index is 0.0307. The topological polar surface area (TPSA) is 156 Å². The third kappa shape index (κ3) is 8.38. The summed E-state index contributed by atoms with van der Waals surface area (Å²) in [7, 11) is 1.68. The van der Waals surface area contributed by atoms with Crippen molar-refractivity contribution in [2.75, 3.05) is 18.9 Å². The predicted octanol–water partition coefficient (Wildman–Crippen LogP) is 1.48. The highest BCUT2D eigenvalue weighted by atomic mass is 16.2. The maximum absolute atomic E-state index is 14.0. The summed E-state index contributed by atoms with van der Waals surface area (Å²) < 4.78 is 0. The Balaban J connectivity index is 1.85. The van der Waals surface area contributed by atoms with Gasteiger partial charge in [0.15, 0.2) is 0 Å². The molecular formula is C28H41N7O4. The van der Waals surface area contributed by atoms with Gasteiger partial charge in [0.1, 0.15) is 17.9 Å². The van der Waals surface area contributed by atoms with Crippen molar-refractivity contribution >= 4 is 35.5 Å². The summed E-state index contributed by atoms with van der Waals surface area (Å²) in [5, 5.41) is 22.4. The fourth-order valence-electron chi connectivity index (χ4n) is 5.19. The summed E-state index contributed by atoms with van der Waals surface area (Å²) in [5.74, 6) is -0.761. The molecule has 3 rings (SSSR count). The minimum Gasteiger partial charge on any atom is -0.354 e. The van der Waals surface area contributed by atoms with Crippen LogP contribution in [0.2, 0.25) is 0 Å². The SMILES string of the molecule is CN[C@@H](C)C(=O)NC(C(=O)N1CC(NC=O)CC1C(=O)N/C(=C/C(C)=N)Nc1ccccc1)C1CCCCC1. The standard InChI is InChI=1S/C28H41N7O4/c1-18(29)14-24(32-21-12-8-5-9-13-21)33-27(38)23-15-22(31-17-36)16-35(23)28(39)25(20-10-6-4-7-11-20)34-26(37)19(2)30-3/h5,8-9,12-14,17,19-20,22-23,25,29-30,32H,4,6-7,10-11,15-16H2,1-3H3,(H,31,36)(H,33,38)(H,34,37)/b24-14+,29-18?/t19-,22?,23?,25?/m0/s1. The summed E-state index contributed by atoms with van der Waals surface area (Å²) >= 11 is 0. The molecule has 212 valence electrons. The summed E-state index contributed by atoms with van der Waals surface area (Å²) in [4.78, 5) is 53.2. The van der Waals surface area contributed by atoms with Gasteiger partial charge in [-0.2, -0.15) is 0 Å². The van der Waals surface area contributed by atoms with Gasteiger partial charge in [-0.3, -0.25) is 19.2 Å². The van der Waals surface area contributed by atoms with Crippen molar-refractivity contribution in [3.63, 3.8) is 0 Å². The van der Waals surface area contributed by atoms with Crippen LogP contribution in [0, 0.1) is 11.3 Å². The molecule has 1 aliphatic heterocycles. The van der Waals surface area contributed by atoms with Crippen LogP contribution in [0.5, 0.6) is 0 Å².